The highest BCUT2D eigenvalue weighted by molar-refractivity contribution is 5.93. The largest absolute Gasteiger partial charge is 0.491 e. The van der Waals surface area contributed by atoms with Crippen LogP contribution in [0.2, 0.25) is 0 Å². The monoisotopic (exact) mass is 296 g/mol. The Labute approximate surface area is 123 Å². The summed E-state index contributed by atoms with van der Waals surface area (Å²) in [6.45, 7) is 1.87. The van der Waals surface area contributed by atoms with Gasteiger partial charge in [0.2, 0.25) is 5.91 Å². The van der Waals surface area contributed by atoms with Crippen LogP contribution < -0.4 is 15.4 Å². The van der Waals surface area contributed by atoms with Crippen molar-refractivity contribution in [3.63, 3.8) is 0 Å². The van der Waals surface area contributed by atoms with E-state index >= 15 is 0 Å². The van der Waals surface area contributed by atoms with Crippen LogP contribution in [0.15, 0.2) is 18.2 Å². The number of halogens is 1. The van der Waals surface area contributed by atoms with Crippen LogP contribution in [-0.2, 0) is 9.53 Å². The van der Waals surface area contributed by atoms with E-state index in [-0.39, 0.29) is 18.3 Å². The Hall–Kier alpha value is -1.66. The van der Waals surface area contributed by atoms with Gasteiger partial charge < -0.3 is 20.1 Å². The average Bonchev–Trinajstić information content (AvgIpc) is 3.28. The van der Waals surface area contributed by atoms with E-state index in [9.17, 15) is 9.18 Å². The van der Waals surface area contributed by atoms with Gasteiger partial charge in [-0.15, -0.1) is 0 Å². The summed E-state index contributed by atoms with van der Waals surface area (Å²) >= 11 is 0. The van der Waals surface area contributed by atoms with Gasteiger partial charge in [-0.05, 0) is 30.9 Å². The molecule has 1 fully saturated rings. The summed E-state index contributed by atoms with van der Waals surface area (Å²) in [5, 5.41) is 5.67. The van der Waals surface area contributed by atoms with Crippen molar-refractivity contribution in [3.05, 3.63) is 24.0 Å². The average molecular weight is 296 g/mol. The topological polar surface area (TPSA) is 59.6 Å². The van der Waals surface area contributed by atoms with Gasteiger partial charge in [-0.25, -0.2) is 4.39 Å². The first kappa shape index (κ1) is 15.7. The lowest BCUT2D eigenvalue weighted by molar-refractivity contribution is -0.115. The first-order valence-electron chi connectivity index (χ1n) is 7.11. The summed E-state index contributed by atoms with van der Waals surface area (Å²) in [6.07, 6.45) is 2.31. The fourth-order valence-corrected chi connectivity index (χ4v) is 1.78. The molecule has 0 aliphatic heterocycles. The third kappa shape index (κ3) is 5.69. The number of amides is 1. The maximum atomic E-state index is 13.3. The van der Waals surface area contributed by atoms with Crippen LogP contribution in [-0.4, -0.2) is 39.3 Å². The van der Waals surface area contributed by atoms with E-state index in [1.807, 2.05) is 0 Å². The maximum Gasteiger partial charge on any atom is 0.238 e. The van der Waals surface area contributed by atoms with Crippen LogP contribution in [0.25, 0.3) is 0 Å². The van der Waals surface area contributed by atoms with Crippen molar-refractivity contribution in [1.82, 2.24) is 5.32 Å². The first-order chi connectivity index (χ1) is 10.2. The predicted molar refractivity (Wildman–Crippen MR) is 78.0 cm³/mol. The van der Waals surface area contributed by atoms with E-state index in [2.05, 4.69) is 10.6 Å². The molecule has 1 amide bonds. The molecule has 6 heteroatoms. The second-order valence-corrected chi connectivity index (χ2v) is 5.11. The van der Waals surface area contributed by atoms with E-state index in [0.717, 1.165) is 12.8 Å². The Morgan fingerprint density at radius 1 is 1.43 bits per heavy atom. The van der Waals surface area contributed by atoms with Crippen molar-refractivity contribution in [3.8, 4) is 5.75 Å². The summed E-state index contributed by atoms with van der Waals surface area (Å²) in [5.74, 6) is 0.366. The Kier molecular flexibility index (Phi) is 5.95. The van der Waals surface area contributed by atoms with E-state index in [1.54, 1.807) is 7.11 Å². The molecular formula is C15H21FN2O3. The molecule has 2 N–H and O–H groups in total. The number of anilines is 1. The molecule has 0 heterocycles. The minimum atomic E-state index is -0.378. The summed E-state index contributed by atoms with van der Waals surface area (Å²) in [5.41, 5.74) is 0.496. The standard InChI is InChI=1S/C15H21FN2O3/c1-20-7-6-17-9-15(19)18-13-5-4-12(16)8-14(13)21-10-11-2-3-11/h4-5,8,11,17H,2-3,6-7,9-10H2,1H3,(H,18,19). The first-order valence-corrected chi connectivity index (χ1v) is 7.11. The van der Waals surface area contributed by atoms with Crippen molar-refractivity contribution in [2.24, 2.45) is 5.92 Å². The molecule has 0 spiro atoms. The van der Waals surface area contributed by atoms with Crippen molar-refractivity contribution in [1.29, 1.82) is 0 Å². The van der Waals surface area contributed by atoms with Gasteiger partial charge in [0.25, 0.3) is 0 Å². The lowest BCUT2D eigenvalue weighted by Crippen LogP contribution is -2.30. The second kappa shape index (κ2) is 7.95. The molecule has 1 saturated carbocycles. The van der Waals surface area contributed by atoms with Crippen molar-refractivity contribution in [2.75, 3.05) is 38.7 Å². The van der Waals surface area contributed by atoms with E-state index < -0.39 is 0 Å². The molecule has 0 aromatic heterocycles. The SMILES string of the molecule is COCCNCC(=O)Nc1ccc(F)cc1OCC1CC1. The van der Waals surface area contributed by atoms with Crippen LogP contribution in [0, 0.1) is 11.7 Å². The van der Waals surface area contributed by atoms with E-state index in [1.165, 1.54) is 18.2 Å². The number of methoxy groups -OCH3 is 1. The highest BCUT2D eigenvalue weighted by Crippen LogP contribution is 2.32. The Balaban J connectivity index is 1.86. The molecule has 0 atom stereocenters. The van der Waals surface area contributed by atoms with Crippen molar-refractivity contribution < 1.29 is 18.7 Å². The summed E-state index contributed by atoms with van der Waals surface area (Å²) in [7, 11) is 1.60. The Morgan fingerprint density at radius 2 is 2.24 bits per heavy atom. The lowest BCUT2D eigenvalue weighted by atomic mass is 10.2. The molecule has 1 aliphatic rings. The summed E-state index contributed by atoms with van der Waals surface area (Å²) in [4.78, 5) is 11.8. The smallest absolute Gasteiger partial charge is 0.238 e. The van der Waals surface area contributed by atoms with Crippen LogP contribution in [0.4, 0.5) is 10.1 Å². The minimum Gasteiger partial charge on any atom is -0.491 e. The third-order valence-corrected chi connectivity index (χ3v) is 3.16. The van der Waals surface area contributed by atoms with Crippen LogP contribution in [0.3, 0.4) is 0 Å². The summed E-state index contributed by atoms with van der Waals surface area (Å²) < 4.78 is 23.8. The zero-order valence-electron chi connectivity index (χ0n) is 12.2. The van der Waals surface area contributed by atoms with Crippen LogP contribution in [0.1, 0.15) is 12.8 Å². The van der Waals surface area contributed by atoms with E-state index in [4.69, 9.17) is 9.47 Å². The van der Waals surface area contributed by atoms with Gasteiger partial charge in [0.05, 0.1) is 25.4 Å². The molecule has 116 valence electrons. The van der Waals surface area contributed by atoms with Crippen LogP contribution >= 0.6 is 0 Å². The number of ether oxygens (including phenoxy) is 2. The molecule has 0 bridgehead atoms. The Morgan fingerprint density at radius 3 is 2.95 bits per heavy atom. The number of carbonyl (C=O) groups excluding carboxylic acids is 1. The summed E-state index contributed by atoms with van der Waals surface area (Å²) in [6, 6.07) is 4.12. The zero-order valence-corrected chi connectivity index (χ0v) is 12.2. The molecule has 21 heavy (non-hydrogen) atoms. The van der Waals surface area contributed by atoms with Gasteiger partial charge in [-0.1, -0.05) is 0 Å². The number of benzene rings is 1. The molecular weight excluding hydrogens is 275 g/mol. The fourth-order valence-electron chi connectivity index (χ4n) is 1.78. The van der Waals surface area contributed by atoms with Gasteiger partial charge in [0.15, 0.2) is 0 Å². The molecule has 5 nitrogen and oxygen atoms in total. The quantitative estimate of drug-likeness (QED) is 0.682. The van der Waals surface area contributed by atoms with Gasteiger partial charge in [-0.3, -0.25) is 4.79 Å². The van der Waals surface area contributed by atoms with Crippen molar-refractivity contribution in [2.45, 2.75) is 12.8 Å². The molecule has 0 saturated heterocycles. The molecule has 2 rings (SSSR count). The molecule has 1 aromatic rings. The maximum absolute atomic E-state index is 13.3. The highest BCUT2D eigenvalue weighted by atomic mass is 19.1. The number of hydrogen-bond donors (Lipinski definition) is 2. The second-order valence-electron chi connectivity index (χ2n) is 5.11. The minimum absolute atomic E-state index is 0.169. The van der Waals surface area contributed by atoms with E-state index in [0.29, 0.717) is 37.1 Å². The normalized spacial score (nSPS) is 14.0. The number of rotatable bonds is 9. The lowest BCUT2D eigenvalue weighted by Gasteiger charge is -2.13. The molecule has 0 unspecified atom stereocenters. The third-order valence-electron chi connectivity index (χ3n) is 3.16. The molecule has 1 aliphatic carbocycles. The van der Waals surface area contributed by atoms with Gasteiger partial charge >= 0.3 is 0 Å². The highest BCUT2D eigenvalue weighted by Gasteiger charge is 2.22. The number of hydrogen-bond acceptors (Lipinski definition) is 4. The Bertz CT molecular complexity index is 478. The van der Waals surface area contributed by atoms with Gasteiger partial charge in [0.1, 0.15) is 11.6 Å². The fraction of sp³-hybridized carbons (Fsp3) is 0.533. The number of carbonyl (C=O) groups is 1. The zero-order chi connectivity index (χ0) is 15.1. The van der Waals surface area contributed by atoms with Gasteiger partial charge in [-0.2, -0.15) is 0 Å². The predicted octanol–water partition coefficient (Wildman–Crippen LogP) is 1.79. The number of nitrogens with one attached hydrogen (secondary N) is 2. The van der Waals surface area contributed by atoms with Crippen molar-refractivity contribution >= 4 is 11.6 Å². The van der Waals surface area contributed by atoms with Gasteiger partial charge in [0, 0.05) is 19.7 Å². The molecule has 0 radical (unpaired) electrons. The van der Waals surface area contributed by atoms with Crippen LogP contribution in [0.5, 0.6) is 5.75 Å². The molecule has 1 aromatic carbocycles.